The smallest absolute Gasteiger partial charge is 0.345 e. The number of aliphatic hydroxyl groups excluding tert-OH is 8. The first-order valence-electron chi connectivity index (χ1n) is 6.15. The van der Waals surface area contributed by atoms with Crippen LogP contribution in [0.25, 0.3) is 0 Å². The van der Waals surface area contributed by atoms with Crippen molar-refractivity contribution >= 4 is 18.2 Å². The van der Waals surface area contributed by atoms with E-state index in [1.54, 1.807) is 0 Å². The average molecular weight is 342 g/mol. The minimum Gasteiger partial charge on any atom is -0.394 e. The van der Waals surface area contributed by atoms with Gasteiger partial charge in [0, 0.05) is 0 Å². The molecule has 8 N–H and O–H groups in total. The van der Waals surface area contributed by atoms with Crippen molar-refractivity contribution in [2.24, 2.45) is 0 Å². The van der Waals surface area contributed by atoms with Crippen molar-refractivity contribution in [3.05, 3.63) is 0 Å². The molecule has 0 spiro atoms. The summed E-state index contributed by atoms with van der Waals surface area (Å²) in [7, 11) is 0. The molecule has 0 aromatic heterocycles. The number of carbonyl (C=O) groups excluding carboxylic acids is 3. The van der Waals surface area contributed by atoms with Crippen molar-refractivity contribution in [1.82, 2.24) is 0 Å². The summed E-state index contributed by atoms with van der Waals surface area (Å²) in [5.74, 6) is -3.45. The van der Waals surface area contributed by atoms with E-state index in [0.717, 1.165) is 0 Å². The Kier molecular flexibility index (Phi) is 8.96. The van der Waals surface area contributed by atoms with Crippen LogP contribution in [0.15, 0.2) is 0 Å². The molecule has 0 amide bonds. The molecule has 0 aromatic carbocycles. The first-order chi connectivity index (χ1) is 10.6. The molecule has 0 saturated heterocycles. The lowest BCUT2D eigenvalue weighted by Crippen LogP contribution is -2.55. The molecule has 134 valence electrons. The molecule has 0 aliphatic carbocycles. The van der Waals surface area contributed by atoms with E-state index in [-0.39, 0.29) is 6.47 Å². The number of hydrogen-bond acceptors (Lipinski definition) is 12. The lowest BCUT2D eigenvalue weighted by Gasteiger charge is -2.29. The van der Waals surface area contributed by atoms with Gasteiger partial charge in [0.2, 0.25) is 0 Å². The number of esters is 1. The Bertz CT molecular complexity index is 412. The highest BCUT2D eigenvalue weighted by Crippen LogP contribution is 2.12. The van der Waals surface area contributed by atoms with Crippen LogP contribution in [0.3, 0.4) is 0 Å². The summed E-state index contributed by atoms with van der Waals surface area (Å²) >= 11 is 0. The zero-order valence-corrected chi connectivity index (χ0v) is 11.5. The predicted octanol–water partition coefficient (Wildman–Crippen LogP) is -6.23. The van der Waals surface area contributed by atoms with Gasteiger partial charge in [0.25, 0.3) is 0 Å². The number of ether oxygens (including phenoxy) is 1. The van der Waals surface area contributed by atoms with Crippen LogP contribution in [0.2, 0.25) is 0 Å². The second-order valence-corrected chi connectivity index (χ2v) is 4.49. The molecule has 0 radical (unpaired) electrons. The number of carbonyl (C=O) groups is 3. The molecule has 23 heavy (non-hydrogen) atoms. The largest absolute Gasteiger partial charge is 0.394 e. The van der Waals surface area contributed by atoms with Gasteiger partial charge >= 0.3 is 12.4 Å². The van der Waals surface area contributed by atoms with Crippen LogP contribution < -0.4 is 0 Å². The van der Waals surface area contributed by atoms with Crippen LogP contribution in [0.1, 0.15) is 0 Å². The number of rotatable bonds is 10. The maximum Gasteiger partial charge on any atom is 0.345 e. The van der Waals surface area contributed by atoms with Crippen LogP contribution in [0.5, 0.6) is 0 Å². The Morgan fingerprint density at radius 1 is 0.826 bits per heavy atom. The molecule has 0 aliphatic heterocycles. The monoisotopic (exact) mass is 342 g/mol. The summed E-state index contributed by atoms with van der Waals surface area (Å²) in [6.45, 7) is -1.39. The average Bonchev–Trinajstić information content (AvgIpc) is 2.56. The number of hydrogen-bond donors (Lipinski definition) is 8. The van der Waals surface area contributed by atoms with Crippen molar-refractivity contribution in [3.63, 3.8) is 0 Å². The highest BCUT2D eigenvalue weighted by Gasteiger charge is 2.42. The fraction of sp³-hybridized carbons (Fsp3) is 0.727. The van der Waals surface area contributed by atoms with E-state index in [2.05, 4.69) is 4.74 Å². The molecule has 0 aliphatic rings. The molecule has 0 bridgehead atoms. The summed E-state index contributed by atoms with van der Waals surface area (Å²) in [5.41, 5.74) is 0. The molecular formula is C11H18O12. The van der Waals surface area contributed by atoms with Gasteiger partial charge in [-0.1, -0.05) is 0 Å². The highest BCUT2D eigenvalue weighted by molar-refractivity contribution is 5.93. The second-order valence-electron chi connectivity index (χ2n) is 4.49. The second kappa shape index (κ2) is 9.59. The summed E-state index contributed by atoms with van der Waals surface area (Å²) < 4.78 is 3.67. The molecule has 0 rings (SSSR count). The normalized spacial score (nSPS) is 20.5. The van der Waals surface area contributed by atoms with Gasteiger partial charge < -0.3 is 45.6 Å². The van der Waals surface area contributed by atoms with E-state index in [1.165, 1.54) is 0 Å². The van der Waals surface area contributed by atoms with E-state index >= 15 is 0 Å². The number of ketones is 1. The van der Waals surface area contributed by atoms with Crippen molar-refractivity contribution in [3.8, 4) is 0 Å². The fourth-order valence-electron chi connectivity index (χ4n) is 1.47. The molecular weight excluding hydrogens is 324 g/mol. The standard InChI is InChI=1S/C11H18O12/c12-1-3(14)4(15)5(16)6(17)7(18)8(19)9(20)10(21)11(22)23-2-13/h2-7,9-10,12,14-18,20-21H,1H2. The van der Waals surface area contributed by atoms with E-state index in [4.69, 9.17) is 10.2 Å². The third kappa shape index (κ3) is 5.56. The quantitative estimate of drug-likeness (QED) is 0.105. The first kappa shape index (κ1) is 21.5. The van der Waals surface area contributed by atoms with Gasteiger partial charge in [0.05, 0.1) is 6.61 Å². The van der Waals surface area contributed by atoms with Crippen molar-refractivity contribution < 1.29 is 60.0 Å². The number of Topliss-reactive ketones (excluding diaryl/α,β-unsaturated/α-hetero) is 1. The van der Waals surface area contributed by atoms with Gasteiger partial charge in [-0.3, -0.25) is 9.59 Å². The Morgan fingerprint density at radius 3 is 1.78 bits per heavy atom. The van der Waals surface area contributed by atoms with E-state index < -0.39 is 61.1 Å². The molecule has 0 fully saturated rings. The molecule has 7 atom stereocenters. The molecule has 7 unspecified atom stereocenters. The van der Waals surface area contributed by atoms with Gasteiger partial charge in [0.1, 0.15) is 30.5 Å². The topological polar surface area (TPSA) is 222 Å². The Morgan fingerprint density at radius 2 is 1.35 bits per heavy atom. The molecule has 0 heterocycles. The molecule has 12 nitrogen and oxygen atoms in total. The summed E-state index contributed by atoms with van der Waals surface area (Å²) in [6, 6.07) is 0. The minimum absolute atomic E-state index is 0.385. The van der Waals surface area contributed by atoms with Crippen molar-refractivity contribution in [1.29, 1.82) is 0 Å². The maximum absolute atomic E-state index is 11.6. The third-order valence-corrected chi connectivity index (χ3v) is 2.89. The maximum atomic E-state index is 11.6. The van der Waals surface area contributed by atoms with Gasteiger partial charge in [-0.25, -0.2) is 4.79 Å². The summed E-state index contributed by atoms with van der Waals surface area (Å²) in [6.07, 6.45) is -16.6. The fourth-order valence-corrected chi connectivity index (χ4v) is 1.47. The first-order valence-corrected chi connectivity index (χ1v) is 6.15. The zero-order valence-electron chi connectivity index (χ0n) is 11.5. The third-order valence-electron chi connectivity index (χ3n) is 2.89. The zero-order chi connectivity index (χ0) is 18.3. The van der Waals surface area contributed by atoms with E-state index in [1.807, 2.05) is 0 Å². The Balaban J connectivity index is 4.92. The summed E-state index contributed by atoms with van der Waals surface area (Å²) in [5, 5.41) is 74.0. The molecule has 0 saturated carbocycles. The van der Waals surface area contributed by atoms with Crippen LogP contribution in [-0.2, 0) is 19.1 Å². The van der Waals surface area contributed by atoms with Crippen LogP contribution >= 0.6 is 0 Å². The lowest BCUT2D eigenvalue weighted by molar-refractivity contribution is -0.174. The van der Waals surface area contributed by atoms with Gasteiger partial charge in [-0.05, 0) is 0 Å². The molecule has 0 aromatic rings. The minimum atomic E-state index is -2.61. The van der Waals surface area contributed by atoms with Crippen LogP contribution in [-0.4, -0.2) is 108 Å². The SMILES string of the molecule is O=COC(=O)C(O)C(O)C(=O)C(O)C(O)C(O)C(O)C(O)CO. The number of aliphatic hydroxyl groups is 8. The summed E-state index contributed by atoms with van der Waals surface area (Å²) in [4.78, 5) is 32.4. The van der Waals surface area contributed by atoms with Crippen molar-refractivity contribution in [2.75, 3.05) is 6.61 Å². The Labute approximate surface area is 128 Å². The van der Waals surface area contributed by atoms with Crippen LogP contribution in [0.4, 0.5) is 0 Å². The van der Waals surface area contributed by atoms with Crippen molar-refractivity contribution in [2.45, 2.75) is 42.7 Å². The Hall–Kier alpha value is -1.51. The van der Waals surface area contributed by atoms with E-state index in [0.29, 0.717) is 0 Å². The van der Waals surface area contributed by atoms with Gasteiger partial charge in [0.15, 0.2) is 18.0 Å². The van der Waals surface area contributed by atoms with E-state index in [9.17, 15) is 45.0 Å². The molecule has 12 heteroatoms. The lowest BCUT2D eigenvalue weighted by atomic mass is 9.94. The highest BCUT2D eigenvalue weighted by atomic mass is 16.6. The predicted molar refractivity (Wildman–Crippen MR) is 66.3 cm³/mol. The van der Waals surface area contributed by atoms with Crippen LogP contribution in [0, 0.1) is 0 Å². The van der Waals surface area contributed by atoms with Gasteiger partial charge in [-0.15, -0.1) is 0 Å². The van der Waals surface area contributed by atoms with Gasteiger partial charge in [-0.2, -0.15) is 0 Å².